The number of rotatable bonds is 2. The Morgan fingerprint density at radius 2 is 2.25 bits per heavy atom. The maximum atomic E-state index is 10.9. The van der Waals surface area contributed by atoms with Crippen molar-refractivity contribution < 1.29 is 4.92 Å². The lowest BCUT2D eigenvalue weighted by atomic mass is 10.2. The standard InChI is InChI=1S/C8H6ClN5O2/c1-13-5(2-3-12-13)6-7(14(15)16)8(9)11-4-10-6/h2-4H,1H3. The van der Waals surface area contributed by atoms with E-state index in [1.54, 1.807) is 13.1 Å². The van der Waals surface area contributed by atoms with Gasteiger partial charge in [-0.3, -0.25) is 14.8 Å². The summed E-state index contributed by atoms with van der Waals surface area (Å²) in [6.07, 6.45) is 2.70. The summed E-state index contributed by atoms with van der Waals surface area (Å²) in [7, 11) is 1.66. The summed E-state index contributed by atoms with van der Waals surface area (Å²) in [4.78, 5) is 17.7. The van der Waals surface area contributed by atoms with E-state index >= 15 is 0 Å². The minimum atomic E-state index is -0.606. The molecule has 0 fully saturated rings. The Bertz CT molecular complexity index is 553. The van der Waals surface area contributed by atoms with Crippen LogP contribution in [0, 0.1) is 10.1 Å². The number of nitro groups is 1. The monoisotopic (exact) mass is 239 g/mol. The predicted octanol–water partition coefficient (Wildman–Crippen LogP) is 1.44. The summed E-state index contributed by atoms with van der Waals surface area (Å²) >= 11 is 5.67. The van der Waals surface area contributed by atoms with Crippen LogP contribution in [-0.2, 0) is 7.05 Å². The summed E-state index contributed by atoms with van der Waals surface area (Å²) in [5, 5.41) is 14.6. The molecule has 2 rings (SSSR count). The van der Waals surface area contributed by atoms with E-state index in [9.17, 15) is 10.1 Å². The second kappa shape index (κ2) is 3.86. The molecule has 0 radical (unpaired) electrons. The number of aryl methyl sites for hydroxylation is 1. The van der Waals surface area contributed by atoms with E-state index in [-0.39, 0.29) is 16.5 Å². The second-order valence-electron chi connectivity index (χ2n) is 2.96. The summed E-state index contributed by atoms with van der Waals surface area (Å²) in [6.45, 7) is 0. The van der Waals surface area contributed by atoms with Gasteiger partial charge in [0.2, 0.25) is 5.15 Å². The lowest BCUT2D eigenvalue weighted by molar-refractivity contribution is -0.384. The number of halogens is 1. The van der Waals surface area contributed by atoms with Crippen molar-refractivity contribution in [2.24, 2.45) is 7.05 Å². The maximum absolute atomic E-state index is 10.9. The number of aromatic nitrogens is 4. The molecule has 2 heterocycles. The Kier molecular flexibility index (Phi) is 2.53. The average Bonchev–Trinajstić information content (AvgIpc) is 2.63. The van der Waals surface area contributed by atoms with Gasteiger partial charge in [-0.1, -0.05) is 11.6 Å². The highest BCUT2D eigenvalue weighted by Crippen LogP contribution is 2.31. The Hall–Kier alpha value is -2.02. The lowest BCUT2D eigenvalue weighted by Crippen LogP contribution is -2.01. The normalized spacial score (nSPS) is 10.4. The van der Waals surface area contributed by atoms with Crippen molar-refractivity contribution in [1.82, 2.24) is 19.7 Å². The zero-order valence-electron chi connectivity index (χ0n) is 8.16. The molecular weight excluding hydrogens is 234 g/mol. The highest BCUT2D eigenvalue weighted by atomic mass is 35.5. The van der Waals surface area contributed by atoms with Gasteiger partial charge in [-0.2, -0.15) is 5.10 Å². The van der Waals surface area contributed by atoms with Crippen LogP contribution in [0.3, 0.4) is 0 Å². The molecule has 0 aliphatic carbocycles. The van der Waals surface area contributed by atoms with Gasteiger partial charge < -0.3 is 0 Å². The quantitative estimate of drug-likeness (QED) is 0.450. The molecule has 0 saturated carbocycles. The summed E-state index contributed by atoms with van der Waals surface area (Å²) in [5.74, 6) is 0. The van der Waals surface area contributed by atoms with Gasteiger partial charge in [-0.15, -0.1) is 0 Å². The molecule has 0 aromatic carbocycles. The molecule has 8 heteroatoms. The zero-order valence-corrected chi connectivity index (χ0v) is 8.92. The van der Waals surface area contributed by atoms with Gasteiger partial charge in [0, 0.05) is 13.2 Å². The second-order valence-corrected chi connectivity index (χ2v) is 3.32. The van der Waals surface area contributed by atoms with E-state index in [1.165, 1.54) is 17.2 Å². The fraction of sp³-hybridized carbons (Fsp3) is 0.125. The fourth-order valence-corrected chi connectivity index (χ4v) is 1.51. The maximum Gasteiger partial charge on any atom is 0.334 e. The molecule has 7 nitrogen and oxygen atoms in total. The summed E-state index contributed by atoms with van der Waals surface area (Å²) in [5.41, 5.74) is 0.355. The van der Waals surface area contributed by atoms with Gasteiger partial charge in [-0.25, -0.2) is 9.97 Å². The molecule has 0 N–H and O–H groups in total. The molecule has 0 saturated heterocycles. The van der Waals surface area contributed by atoms with Crippen LogP contribution in [0.25, 0.3) is 11.4 Å². The van der Waals surface area contributed by atoms with E-state index in [0.29, 0.717) is 5.69 Å². The van der Waals surface area contributed by atoms with Crippen LogP contribution in [-0.4, -0.2) is 24.7 Å². The molecule has 0 atom stereocenters. The summed E-state index contributed by atoms with van der Waals surface area (Å²) < 4.78 is 1.48. The zero-order chi connectivity index (χ0) is 11.7. The first-order chi connectivity index (χ1) is 7.61. The average molecular weight is 240 g/mol. The van der Waals surface area contributed by atoms with E-state index in [2.05, 4.69) is 15.1 Å². The first-order valence-corrected chi connectivity index (χ1v) is 4.62. The molecule has 0 aliphatic rings. The van der Waals surface area contributed by atoms with Crippen LogP contribution in [0.2, 0.25) is 5.15 Å². The third-order valence-electron chi connectivity index (χ3n) is 2.02. The fourth-order valence-electron chi connectivity index (χ4n) is 1.31. The molecule has 0 aliphatic heterocycles. The van der Waals surface area contributed by atoms with Crippen molar-refractivity contribution in [3.63, 3.8) is 0 Å². The molecule has 0 bridgehead atoms. The van der Waals surface area contributed by atoms with Crippen LogP contribution >= 0.6 is 11.6 Å². The van der Waals surface area contributed by atoms with Crippen LogP contribution in [0.4, 0.5) is 5.69 Å². The van der Waals surface area contributed by atoms with Gasteiger partial charge >= 0.3 is 5.69 Å². The van der Waals surface area contributed by atoms with Gasteiger partial charge in [0.1, 0.15) is 6.33 Å². The van der Waals surface area contributed by atoms with Crippen LogP contribution in [0.15, 0.2) is 18.6 Å². The molecule has 16 heavy (non-hydrogen) atoms. The van der Waals surface area contributed by atoms with Crippen LogP contribution in [0.5, 0.6) is 0 Å². The van der Waals surface area contributed by atoms with Crippen molar-refractivity contribution in [3.8, 4) is 11.4 Å². The number of nitrogens with zero attached hydrogens (tertiary/aromatic N) is 5. The SMILES string of the molecule is Cn1nccc1-c1ncnc(Cl)c1[N+](=O)[O-]. The molecule has 2 aromatic rings. The van der Waals surface area contributed by atoms with Crippen LogP contribution in [0.1, 0.15) is 0 Å². The topological polar surface area (TPSA) is 86.7 Å². The lowest BCUT2D eigenvalue weighted by Gasteiger charge is -2.02. The predicted molar refractivity (Wildman–Crippen MR) is 55.9 cm³/mol. The Morgan fingerprint density at radius 1 is 1.50 bits per heavy atom. The molecule has 0 amide bonds. The molecular formula is C8H6ClN5O2. The van der Waals surface area contributed by atoms with Gasteiger partial charge in [0.05, 0.1) is 10.6 Å². The first-order valence-electron chi connectivity index (χ1n) is 4.24. The number of hydrogen-bond acceptors (Lipinski definition) is 5. The molecule has 0 unspecified atom stereocenters. The van der Waals surface area contributed by atoms with Gasteiger partial charge in [-0.05, 0) is 6.07 Å². The van der Waals surface area contributed by atoms with Crippen molar-refractivity contribution >= 4 is 17.3 Å². The molecule has 82 valence electrons. The smallest absolute Gasteiger partial charge is 0.266 e. The van der Waals surface area contributed by atoms with Gasteiger partial charge in [0.15, 0.2) is 5.69 Å². The third-order valence-corrected chi connectivity index (χ3v) is 2.30. The molecule has 2 aromatic heterocycles. The Labute approximate surface area is 94.9 Å². The minimum absolute atomic E-state index is 0.157. The molecule has 0 spiro atoms. The van der Waals surface area contributed by atoms with E-state index in [1.807, 2.05) is 0 Å². The van der Waals surface area contributed by atoms with Crippen molar-refractivity contribution in [3.05, 3.63) is 33.9 Å². The first kappa shape index (κ1) is 10.5. The van der Waals surface area contributed by atoms with Crippen LogP contribution < -0.4 is 0 Å². The van der Waals surface area contributed by atoms with Gasteiger partial charge in [0.25, 0.3) is 0 Å². The van der Waals surface area contributed by atoms with E-state index in [0.717, 1.165) is 0 Å². The largest absolute Gasteiger partial charge is 0.334 e. The highest BCUT2D eigenvalue weighted by molar-refractivity contribution is 6.31. The van der Waals surface area contributed by atoms with Crippen molar-refractivity contribution in [2.75, 3.05) is 0 Å². The Balaban J connectivity index is 2.70. The Morgan fingerprint density at radius 3 is 2.81 bits per heavy atom. The van der Waals surface area contributed by atoms with E-state index in [4.69, 9.17) is 11.6 Å². The van der Waals surface area contributed by atoms with E-state index < -0.39 is 4.92 Å². The highest BCUT2D eigenvalue weighted by Gasteiger charge is 2.24. The van der Waals surface area contributed by atoms with Crippen molar-refractivity contribution in [2.45, 2.75) is 0 Å². The minimum Gasteiger partial charge on any atom is -0.266 e. The third kappa shape index (κ3) is 1.61. The van der Waals surface area contributed by atoms with Crippen molar-refractivity contribution in [1.29, 1.82) is 0 Å². The number of hydrogen-bond donors (Lipinski definition) is 0. The summed E-state index contributed by atoms with van der Waals surface area (Å²) in [6, 6.07) is 1.62.